The van der Waals surface area contributed by atoms with E-state index in [-0.39, 0.29) is 32.4 Å². The molecule has 0 aliphatic carbocycles. The largest absolute Gasteiger partial charge is 0.378 e. The molecule has 0 saturated heterocycles. The molecule has 0 amide bonds. The number of rotatable bonds is 24. The Morgan fingerprint density at radius 2 is 1.26 bits per heavy atom. The van der Waals surface area contributed by atoms with Gasteiger partial charge in [-0.3, -0.25) is 0 Å². The lowest BCUT2D eigenvalue weighted by atomic mass is 9.90. The molecule has 0 heterocycles. The Labute approximate surface area is 320 Å². The molecule has 0 aromatic heterocycles. The average Bonchev–Trinajstić information content (AvgIpc) is 3.15. The van der Waals surface area contributed by atoms with Gasteiger partial charge >= 0.3 is 0 Å². The maximum Gasteiger partial charge on any atom is 0.237 e. The highest BCUT2D eigenvalue weighted by atomic mass is 16.6. The Morgan fingerprint density at radius 3 is 1.75 bits per heavy atom. The van der Waals surface area contributed by atoms with Gasteiger partial charge in [-0.1, -0.05) is 27.2 Å². The van der Waals surface area contributed by atoms with Crippen molar-refractivity contribution in [1.29, 1.82) is 31.6 Å². The molecule has 0 fully saturated rings. The van der Waals surface area contributed by atoms with Gasteiger partial charge in [-0.2, -0.15) is 31.6 Å². The van der Waals surface area contributed by atoms with Crippen molar-refractivity contribution in [1.82, 2.24) is 0 Å². The Morgan fingerprint density at radius 1 is 0.679 bits per heavy atom. The highest BCUT2D eigenvalue weighted by molar-refractivity contribution is 5.04. The molecule has 0 saturated carbocycles. The summed E-state index contributed by atoms with van der Waals surface area (Å²) in [7, 11) is 0. The minimum Gasteiger partial charge on any atom is -0.378 e. The molecular formula is C40H56N10O3. The summed E-state index contributed by atoms with van der Waals surface area (Å²) in [6, 6.07) is 12.2. The number of unbranched alkanes of at least 4 members (excludes halogenated alkanes) is 1. The average molecular weight is 725 g/mol. The van der Waals surface area contributed by atoms with Gasteiger partial charge in [-0.05, 0) is 38.5 Å². The van der Waals surface area contributed by atoms with Crippen LogP contribution < -0.4 is 0 Å². The Balaban J connectivity index is -0.000000197. The predicted molar refractivity (Wildman–Crippen MR) is 203 cm³/mol. The van der Waals surface area contributed by atoms with Crippen molar-refractivity contribution in [3.05, 3.63) is 45.7 Å². The molecule has 4 atom stereocenters. The lowest BCUT2D eigenvalue weighted by Crippen LogP contribution is -2.27. The standard InChI is InChI=1S/C12H17N3O3.C10H16N2.C10H12N2.C7H7N3.CH4/c1-14-5-8-17-11-12(18-9-6-15-2)10-16-7-3-4-13;1-3-5-10(6-4-8-11)7-9-12-2;1-2-3-4-6-10(9-12)7-5-8-11;1-7(5-9,3-4-8)6-10-2;/h12H,3,5-11H2;10H,3-7,9H2,1H3;1,10H,3-7H2;3,6H2,1H3;1H4. The van der Waals surface area contributed by atoms with Crippen LogP contribution in [0.4, 0.5) is 0 Å². The molecule has 284 valence electrons. The predicted octanol–water partition coefficient (Wildman–Crippen LogP) is 8.39. The van der Waals surface area contributed by atoms with E-state index in [1.807, 2.05) is 24.3 Å². The van der Waals surface area contributed by atoms with Crippen molar-refractivity contribution in [3.8, 4) is 48.8 Å². The highest BCUT2D eigenvalue weighted by Gasteiger charge is 2.27. The van der Waals surface area contributed by atoms with Crippen LogP contribution in [0, 0.1) is 124 Å². The molecule has 0 aromatic rings. The quantitative estimate of drug-likeness (QED) is 0.0535. The zero-order chi connectivity index (χ0) is 40.0. The van der Waals surface area contributed by atoms with Crippen LogP contribution in [0.3, 0.4) is 0 Å². The molecular weight excluding hydrogens is 669 g/mol. The summed E-state index contributed by atoms with van der Waals surface area (Å²) in [6.07, 6.45) is 13.8. The van der Waals surface area contributed by atoms with E-state index < -0.39 is 5.41 Å². The summed E-state index contributed by atoms with van der Waals surface area (Å²) in [5.41, 5.74) is -0.767. The molecule has 0 aliphatic rings. The smallest absolute Gasteiger partial charge is 0.237 e. The lowest BCUT2D eigenvalue weighted by molar-refractivity contribution is -0.0541. The number of ether oxygens (including phenoxy) is 3. The first kappa shape index (κ1) is 56.7. The first-order valence-electron chi connectivity index (χ1n) is 17.0. The van der Waals surface area contributed by atoms with E-state index in [0.29, 0.717) is 84.3 Å². The first-order chi connectivity index (χ1) is 25.2. The zero-order valence-corrected chi connectivity index (χ0v) is 30.9. The normalized spacial score (nSPS) is 11.5. The van der Waals surface area contributed by atoms with Crippen molar-refractivity contribution in [2.24, 2.45) is 17.3 Å². The number of hydrogen-bond donors (Lipinski definition) is 0. The van der Waals surface area contributed by atoms with Crippen LogP contribution >= 0.6 is 0 Å². The van der Waals surface area contributed by atoms with Crippen molar-refractivity contribution < 1.29 is 14.2 Å². The van der Waals surface area contributed by atoms with E-state index >= 15 is 0 Å². The van der Waals surface area contributed by atoms with E-state index in [1.165, 1.54) is 0 Å². The van der Waals surface area contributed by atoms with Crippen LogP contribution in [0.5, 0.6) is 0 Å². The summed E-state index contributed by atoms with van der Waals surface area (Å²) in [5.74, 6) is 3.14. The fraction of sp³-hybridized carbons (Fsp3) is 0.700. The first-order valence-corrected chi connectivity index (χ1v) is 17.0. The van der Waals surface area contributed by atoms with Gasteiger partial charge in [0.15, 0.2) is 0 Å². The van der Waals surface area contributed by atoms with E-state index in [9.17, 15) is 0 Å². The van der Waals surface area contributed by atoms with Gasteiger partial charge in [-0.15, -0.1) is 12.3 Å². The van der Waals surface area contributed by atoms with E-state index in [0.717, 1.165) is 44.9 Å². The van der Waals surface area contributed by atoms with Crippen LogP contribution in [0.2, 0.25) is 0 Å². The third-order valence-corrected chi connectivity index (χ3v) is 6.71. The monoisotopic (exact) mass is 724 g/mol. The van der Waals surface area contributed by atoms with Gasteiger partial charge in [0.05, 0.1) is 69.1 Å². The molecule has 0 aromatic carbocycles. The number of nitrogens with zero attached hydrogens (tertiary/aromatic N) is 10. The van der Waals surface area contributed by atoms with Crippen molar-refractivity contribution in [2.45, 2.75) is 104 Å². The summed E-state index contributed by atoms with van der Waals surface area (Å²) >= 11 is 0. The molecule has 0 spiro atoms. The molecule has 53 heavy (non-hydrogen) atoms. The Bertz CT molecular complexity index is 1300. The van der Waals surface area contributed by atoms with Crippen molar-refractivity contribution in [3.63, 3.8) is 0 Å². The molecule has 4 unspecified atom stereocenters. The Kier molecular flexibility index (Phi) is 51.8. The zero-order valence-electron chi connectivity index (χ0n) is 30.9. The highest BCUT2D eigenvalue weighted by Crippen LogP contribution is 2.19. The number of terminal acetylenes is 1. The summed E-state index contributed by atoms with van der Waals surface area (Å²) in [5, 5.41) is 50.4. The number of nitriles is 6. The second kappa shape index (κ2) is 48.5. The third kappa shape index (κ3) is 46.3. The third-order valence-electron chi connectivity index (χ3n) is 6.71. The number of hydrogen-bond acceptors (Lipinski definition) is 9. The second-order valence-corrected chi connectivity index (χ2v) is 11.3. The Hall–Kier alpha value is -5.66. The van der Waals surface area contributed by atoms with E-state index in [2.05, 4.69) is 44.4 Å². The molecule has 0 aliphatic heterocycles. The van der Waals surface area contributed by atoms with Gasteiger partial charge < -0.3 is 33.6 Å². The SMILES string of the molecule is C.C#CCCCC(C#N)CCC#N.[C-]#[N+]CC(C)(C#N)CC#N.[C-]#[N+]CCC(CCC)CCC#N.[C-]#[N+]CCOCC(COCCC#N)OCC[N+]#[C-]. The molecule has 0 bridgehead atoms. The van der Waals surface area contributed by atoms with Gasteiger partial charge in [0.2, 0.25) is 26.2 Å². The van der Waals surface area contributed by atoms with Gasteiger partial charge in [0.1, 0.15) is 24.7 Å². The fourth-order valence-corrected chi connectivity index (χ4v) is 3.87. The van der Waals surface area contributed by atoms with Crippen LogP contribution in [-0.4, -0.2) is 65.3 Å². The van der Waals surface area contributed by atoms with Crippen LogP contribution in [0.15, 0.2) is 0 Å². The molecule has 0 N–H and O–H groups in total. The van der Waals surface area contributed by atoms with Gasteiger partial charge in [0.25, 0.3) is 0 Å². The van der Waals surface area contributed by atoms with Crippen LogP contribution in [-0.2, 0) is 14.2 Å². The molecule has 13 heteroatoms. The second-order valence-electron chi connectivity index (χ2n) is 11.3. The summed E-state index contributed by atoms with van der Waals surface area (Å²) in [4.78, 5) is 12.8. The minimum atomic E-state index is -0.767. The molecule has 13 nitrogen and oxygen atoms in total. The van der Waals surface area contributed by atoms with Crippen molar-refractivity contribution >= 4 is 0 Å². The van der Waals surface area contributed by atoms with Gasteiger partial charge in [-0.25, -0.2) is 26.3 Å². The fourth-order valence-electron chi connectivity index (χ4n) is 3.87. The van der Waals surface area contributed by atoms with E-state index in [1.54, 1.807) is 6.92 Å². The maximum atomic E-state index is 8.64. The van der Waals surface area contributed by atoms with Crippen LogP contribution in [0.1, 0.15) is 98.3 Å². The molecule has 0 rings (SSSR count). The van der Waals surface area contributed by atoms with E-state index in [4.69, 9.17) is 78.5 Å². The summed E-state index contributed by atoms with van der Waals surface area (Å²) in [6.45, 7) is 33.3. The molecule has 0 radical (unpaired) electrons. The van der Waals surface area contributed by atoms with Crippen molar-refractivity contribution in [2.75, 3.05) is 59.2 Å². The summed E-state index contributed by atoms with van der Waals surface area (Å²) < 4.78 is 15.9. The lowest BCUT2D eigenvalue weighted by Gasteiger charge is -2.16. The van der Waals surface area contributed by atoms with Gasteiger partial charge in [0, 0.05) is 31.6 Å². The topological polar surface area (TPSA) is 188 Å². The maximum absolute atomic E-state index is 8.64. The van der Waals surface area contributed by atoms with Crippen LogP contribution in [0.25, 0.3) is 19.4 Å². The minimum absolute atomic E-state index is 0.